The molecular weight excluding hydrogens is 456 g/mol. The van der Waals surface area contributed by atoms with Crippen LogP contribution in [0.2, 0.25) is 0 Å². The fraction of sp³-hybridized carbons (Fsp3) is 0.231. The number of carbonyl (C=O) groups excluding carboxylic acids is 2. The van der Waals surface area contributed by atoms with Crippen LogP contribution in [0, 0.1) is 11.6 Å². The maximum atomic E-state index is 14.0. The highest BCUT2D eigenvalue weighted by Crippen LogP contribution is 2.27. The number of hydrogen-bond donors (Lipinski definition) is 1. The smallest absolute Gasteiger partial charge is 0.324 e. The Hall–Kier alpha value is -4.14. The highest BCUT2D eigenvalue weighted by Gasteiger charge is 2.27. The summed E-state index contributed by atoms with van der Waals surface area (Å²) in [6.45, 7) is 1.49. The van der Waals surface area contributed by atoms with E-state index < -0.39 is 17.5 Å². The van der Waals surface area contributed by atoms with Gasteiger partial charge in [0.05, 0.1) is 19.8 Å². The third kappa shape index (κ3) is 5.51. The van der Waals surface area contributed by atoms with E-state index in [9.17, 15) is 18.4 Å². The molecule has 3 amide bonds. The van der Waals surface area contributed by atoms with Gasteiger partial charge in [-0.1, -0.05) is 6.07 Å². The summed E-state index contributed by atoms with van der Waals surface area (Å²) in [5, 5.41) is 2.61. The molecule has 0 atom stereocenters. The molecule has 3 aromatic carbocycles. The monoisotopic (exact) mass is 481 g/mol. The first kappa shape index (κ1) is 24.0. The van der Waals surface area contributed by atoms with Gasteiger partial charge in [-0.3, -0.25) is 9.69 Å². The molecule has 0 spiro atoms. The summed E-state index contributed by atoms with van der Waals surface area (Å²) in [4.78, 5) is 29.1. The molecule has 4 rings (SSSR count). The lowest BCUT2D eigenvalue weighted by Gasteiger charge is -2.36. The van der Waals surface area contributed by atoms with E-state index in [2.05, 4.69) is 5.32 Å². The molecule has 1 saturated heterocycles. The largest absolute Gasteiger partial charge is 0.497 e. The van der Waals surface area contributed by atoms with Crippen molar-refractivity contribution in [3.63, 3.8) is 0 Å². The van der Waals surface area contributed by atoms with Crippen molar-refractivity contribution in [1.82, 2.24) is 4.90 Å². The van der Waals surface area contributed by atoms with E-state index in [0.29, 0.717) is 48.6 Å². The molecule has 0 aromatic heterocycles. The van der Waals surface area contributed by atoms with E-state index in [1.807, 2.05) is 12.1 Å². The highest BCUT2D eigenvalue weighted by atomic mass is 19.1. The van der Waals surface area contributed by atoms with Crippen molar-refractivity contribution in [2.45, 2.75) is 13.0 Å². The van der Waals surface area contributed by atoms with Crippen LogP contribution < -0.4 is 19.7 Å². The summed E-state index contributed by atoms with van der Waals surface area (Å²) in [6, 6.07) is 14.8. The van der Waals surface area contributed by atoms with Crippen molar-refractivity contribution in [1.29, 1.82) is 0 Å². The lowest BCUT2D eigenvalue weighted by molar-refractivity contribution is 0.102. The summed E-state index contributed by atoms with van der Waals surface area (Å²) in [7, 11) is 3.14. The average Bonchev–Trinajstić information content (AvgIpc) is 2.85. The number of benzene rings is 3. The standard InChI is InChI=1S/C26H25F2N3O4/c1-34-21-11-17(12-22(15-21)35-2)16-30-9-4-10-31(26(30)33)20-6-3-5-19(14-20)29-25(32)23-8-7-18(27)13-24(23)28/h3,5-8,11-15H,4,9-10,16H2,1-2H3,(H,29,32). The molecule has 1 heterocycles. The number of amides is 3. The zero-order valence-electron chi connectivity index (χ0n) is 19.4. The van der Waals surface area contributed by atoms with Crippen molar-refractivity contribution in [3.8, 4) is 11.5 Å². The van der Waals surface area contributed by atoms with Crippen LogP contribution in [-0.4, -0.2) is 44.1 Å². The average molecular weight is 481 g/mol. The first-order chi connectivity index (χ1) is 16.9. The summed E-state index contributed by atoms with van der Waals surface area (Å²) in [6.07, 6.45) is 0.754. The highest BCUT2D eigenvalue weighted by molar-refractivity contribution is 6.05. The predicted octanol–water partition coefficient (Wildman–Crippen LogP) is 5.07. The Bertz CT molecular complexity index is 1230. The summed E-state index contributed by atoms with van der Waals surface area (Å²) in [5.41, 5.74) is 1.59. The number of rotatable bonds is 7. The molecule has 0 saturated carbocycles. The number of halogens is 2. The van der Waals surface area contributed by atoms with E-state index in [1.165, 1.54) is 0 Å². The first-order valence-electron chi connectivity index (χ1n) is 11.0. The normalized spacial score (nSPS) is 13.5. The Morgan fingerprint density at radius 3 is 2.40 bits per heavy atom. The Kier molecular flexibility index (Phi) is 7.14. The Morgan fingerprint density at radius 2 is 1.71 bits per heavy atom. The molecule has 3 aromatic rings. The van der Waals surface area contributed by atoms with E-state index in [4.69, 9.17) is 9.47 Å². The van der Waals surface area contributed by atoms with Crippen molar-refractivity contribution in [2.75, 3.05) is 37.5 Å². The van der Waals surface area contributed by atoms with Crippen LogP contribution in [0.3, 0.4) is 0 Å². The maximum Gasteiger partial charge on any atom is 0.324 e. The van der Waals surface area contributed by atoms with Gasteiger partial charge in [-0.2, -0.15) is 0 Å². The van der Waals surface area contributed by atoms with Gasteiger partial charge in [0.1, 0.15) is 23.1 Å². The molecule has 0 unspecified atom stereocenters. The Balaban J connectivity index is 1.50. The topological polar surface area (TPSA) is 71.1 Å². The fourth-order valence-electron chi connectivity index (χ4n) is 3.97. The molecule has 182 valence electrons. The van der Waals surface area contributed by atoms with E-state index in [0.717, 1.165) is 24.1 Å². The second-order valence-electron chi connectivity index (χ2n) is 8.06. The zero-order valence-corrected chi connectivity index (χ0v) is 19.4. The van der Waals surface area contributed by atoms with Crippen LogP contribution in [0.1, 0.15) is 22.3 Å². The molecule has 1 aliphatic heterocycles. The van der Waals surface area contributed by atoms with Gasteiger partial charge < -0.3 is 19.7 Å². The minimum Gasteiger partial charge on any atom is -0.497 e. The number of nitrogens with one attached hydrogen (secondary N) is 1. The molecule has 1 N–H and O–H groups in total. The van der Waals surface area contributed by atoms with Crippen LogP contribution in [0.25, 0.3) is 0 Å². The van der Waals surface area contributed by atoms with Gasteiger partial charge in [-0.25, -0.2) is 13.6 Å². The maximum absolute atomic E-state index is 14.0. The summed E-state index contributed by atoms with van der Waals surface area (Å²) >= 11 is 0. The number of nitrogens with zero attached hydrogens (tertiary/aromatic N) is 2. The van der Waals surface area contributed by atoms with Crippen molar-refractivity contribution >= 4 is 23.3 Å². The minimum absolute atomic E-state index is 0.175. The van der Waals surface area contributed by atoms with Gasteiger partial charge >= 0.3 is 6.03 Å². The van der Waals surface area contributed by atoms with Crippen LogP contribution in [-0.2, 0) is 6.54 Å². The second kappa shape index (κ2) is 10.4. The molecule has 0 bridgehead atoms. The van der Waals surface area contributed by atoms with E-state index in [1.54, 1.807) is 54.4 Å². The number of carbonyl (C=O) groups is 2. The van der Waals surface area contributed by atoms with E-state index >= 15 is 0 Å². The van der Waals surface area contributed by atoms with Gasteiger partial charge in [0.25, 0.3) is 5.91 Å². The predicted molar refractivity (Wildman–Crippen MR) is 128 cm³/mol. The van der Waals surface area contributed by atoms with E-state index in [-0.39, 0.29) is 11.6 Å². The number of methoxy groups -OCH3 is 2. The van der Waals surface area contributed by atoms with Gasteiger partial charge in [-0.05, 0) is 54.4 Å². The van der Waals surface area contributed by atoms with Gasteiger partial charge in [0, 0.05) is 43.1 Å². The molecule has 9 heteroatoms. The first-order valence-corrected chi connectivity index (χ1v) is 11.0. The lowest BCUT2D eigenvalue weighted by atomic mass is 10.1. The number of ether oxygens (including phenoxy) is 2. The summed E-state index contributed by atoms with van der Waals surface area (Å²) in [5.74, 6) is -1.14. The second-order valence-corrected chi connectivity index (χ2v) is 8.06. The van der Waals surface area contributed by atoms with Crippen LogP contribution >= 0.6 is 0 Å². The molecule has 1 aliphatic rings. The molecule has 1 fully saturated rings. The zero-order chi connectivity index (χ0) is 24.9. The quantitative estimate of drug-likeness (QED) is 0.512. The molecular formula is C26H25F2N3O4. The Labute approximate surface area is 201 Å². The van der Waals surface area contributed by atoms with Crippen LogP contribution in [0.15, 0.2) is 60.7 Å². The Morgan fingerprint density at radius 1 is 0.971 bits per heavy atom. The lowest BCUT2D eigenvalue weighted by Crippen LogP contribution is -2.49. The SMILES string of the molecule is COc1cc(CN2CCCN(c3cccc(NC(=O)c4ccc(F)cc4F)c3)C2=O)cc(OC)c1. The van der Waals surface area contributed by atoms with Gasteiger partial charge in [-0.15, -0.1) is 0 Å². The van der Waals surface area contributed by atoms with Gasteiger partial charge in [0.2, 0.25) is 0 Å². The fourth-order valence-corrected chi connectivity index (χ4v) is 3.97. The van der Waals surface area contributed by atoms with Gasteiger partial charge in [0.15, 0.2) is 0 Å². The van der Waals surface area contributed by atoms with Crippen LogP contribution in [0.4, 0.5) is 25.0 Å². The number of hydrogen-bond acceptors (Lipinski definition) is 4. The third-order valence-corrected chi connectivity index (χ3v) is 5.69. The molecule has 7 nitrogen and oxygen atoms in total. The van der Waals surface area contributed by atoms with Crippen molar-refractivity contribution in [3.05, 3.63) is 83.4 Å². The van der Waals surface area contributed by atoms with Crippen molar-refractivity contribution in [2.24, 2.45) is 0 Å². The minimum atomic E-state index is -0.949. The molecule has 35 heavy (non-hydrogen) atoms. The third-order valence-electron chi connectivity index (χ3n) is 5.69. The molecule has 0 radical (unpaired) electrons. The summed E-state index contributed by atoms with van der Waals surface area (Å²) < 4.78 is 37.8. The number of urea groups is 1. The number of anilines is 2. The molecule has 0 aliphatic carbocycles. The van der Waals surface area contributed by atoms with Crippen molar-refractivity contribution < 1.29 is 27.8 Å². The van der Waals surface area contributed by atoms with Crippen LogP contribution in [0.5, 0.6) is 11.5 Å².